The number of hydrogen-bond donors (Lipinski definition) is 2. The number of rotatable bonds is 9. The van der Waals surface area contributed by atoms with Crippen LogP contribution in [0.2, 0.25) is 5.02 Å². The molecule has 0 radical (unpaired) electrons. The zero-order valence-electron chi connectivity index (χ0n) is 17.7. The first-order valence-electron chi connectivity index (χ1n) is 9.84. The lowest BCUT2D eigenvalue weighted by molar-refractivity contribution is 0.0952. The molecule has 0 aliphatic rings. The molecule has 7 nitrogen and oxygen atoms in total. The fourth-order valence-electron chi connectivity index (χ4n) is 2.79. The minimum Gasteiger partial charge on any atom is -0.507 e. The van der Waals surface area contributed by atoms with Crippen molar-refractivity contribution < 1.29 is 24.1 Å². The molecule has 0 unspecified atom stereocenters. The highest BCUT2D eigenvalue weighted by atomic mass is 35.5. The number of hydrogen-bond acceptors (Lipinski definition) is 6. The SMILES string of the molecule is CCOc1cc(/C=N\NC(=O)c2ccc(OC)cc2O)ccc1OCc1ccc(Cl)cc1. The summed E-state index contributed by atoms with van der Waals surface area (Å²) in [5.74, 6) is 0.854. The summed E-state index contributed by atoms with van der Waals surface area (Å²) >= 11 is 5.91. The summed E-state index contributed by atoms with van der Waals surface area (Å²) in [6.07, 6.45) is 1.48. The van der Waals surface area contributed by atoms with Gasteiger partial charge in [0.1, 0.15) is 18.1 Å². The molecule has 0 spiro atoms. The molecule has 2 N–H and O–H groups in total. The molecule has 0 heterocycles. The van der Waals surface area contributed by atoms with Crippen molar-refractivity contribution in [3.8, 4) is 23.0 Å². The number of phenolic OH excluding ortho intramolecular Hbond substituents is 1. The minimum atomic E-state index is -0.547. The number of benzene rings is 3. The van der Waals surface area contributed by atoms with Gasteiger partial charge in [-0.15, -0.1) is 0 Å². The quantitative estimate of drug-likeness (QED) is 0.358. The van der Waals surface area contributed by atoms with Gasteiger partial charge in [-0.2, -0.15) is 5.10 Å². The molecule has 166 valence electrons. The third-order valence-electron chi connectivity index (χ3n) is 4.40. The first kappa shape index (κ1) is 23.0. The van der Waals surface area contributed by atoms with E-state index in [1.165, 1.54) is 25.5 Å². The number of amides is 1. The van der Waals surface area contributed by atoms with Crippen LogP contribution in [0.5, 0.6) is 23.0 Å². The van der Waals surface area contributed by atoms with Crippen LogP contribution < -0.4 is 19.6 Å². The average Bonchev–Trinajstić information content (AvgIpc) is 2.79. The number of carbonyl (C=O) groups excluding carboxylic acids is 1. The van der Waals surface area contributed by atoms with Gasteiger partial charge >= 0.3 is 0 Å². The standard InChI is InChI=1S/C24H23ClN2O5/c1-3-31-23-12-17(6-11-22(23)32-15-16-4-7-18(25)8-5-16)14-26-27-24(29)20-10-9-19(30-2)13-21(20)28/h4-14,28H,3,15H2,1-2H3,(H,27,29)/b26-14-. The van der Waals surface area contributed by atoms with Crippen LogP contribution in [0, 0.1) is 0 Å². The van der Waals surface area contributed by atoms with Gasteiger partial charge in [-0.25, -0.2) is 5.43 Å². The van der Waals surface area contributed by atoms with Crippen molar-refractivity contribution >= 4 is 23.7 Å². The first-order chi connectivity index (χ1) is 15.5. The predicted molar refractivity (Wildman–Crippen MR) is 123 cm³/mol. The maximum absolute atomic E-state index is 12.2. The Balaban J connectivity index is 1.65. The van der Waals surface area contributed by atoms with E-state index >= 15 is 0 Å². The second kappa shape index (κ2) is 11.1. The number of methoxy groups -OCH3 is 1. The number of halogens is 1. The molecule has 0 atom stereocenters. The van der Waals surface area contributed by atoms with Crippen molar-refractivity contribution in [1.29, 1.82) is 0 Å². The van der Waals surface area contributed by atoms with E-state index in [0.29, 0.717) is 41.0 Å². The summed E-state index contributed by atoms with van der Waals surface area (Å²) in [4.78, 5) is 12.2. The molecule has 0 bridgehead atoms. The Kier molecular flexibility index (Phi) is 7.94. The van der Waals surface area contributed by atoms with Gasteiger partial charge in [-0.05, 0) is 60.5 Å². The Morgan fingerprint density at radius 3 is 2.53 bits per heavy atom. The van der Waals surface area contributed by atoms with Gasteiger partial charge in [0.05, 0.1) is 25.5 Å². The van der Waals surface area contributed by atoms with Crippen LogP contribution >= 0.6 is 11.6 Å². The van der Waals surface area contributed by atoms with Crippen molar-refractivity contribution in [2.24, 2.45) is 5.10 Å². The number of nitrogens with zero attached hydrogens (tertiary/aromatic N) is 1. The van der Waals surface area contributed by atoms with E-state index in [1.807, 2.05) is 31.2 Å². The molecule has 0 aliphatic carbocycles. The molecule has 0 saturated carbocycles. The van der Waals surface area contributed by atoms with Gasteiger partial charge in [0.15, 0.2) is 11.5 Å². The number of ether oxygens (including phenoxy) is 3. The van der Waals surface area contributed by atoms with Crippen LogP contribution in [-0.4, -0.2) is 30.9 Å². The van der Waals surface area contributed by atoms with Crippen LogP contribution in [0.15, 0.2) is 65.8 Å². The normalized spacial score (nSPS) is 10.7. The lowest BCUT2D eigenvalue weighted by Crippen LogP contribution is -2.17. The zero-order valence-corrected chi connectivity index (χ0v) is 18.4. The smallest absolute Gasteiger partial charge is 0.275 e. The van der Waals surface area contributed by atoms with E-state index in [-0.39, 0.29) is 11.3 Å². The van der Waals surface area contributed by atoms with Gasteiger partial charge in [-0.3, -0.25) is 4.79 Å². The number of nitrogens with one attached hydrogen (secondary N) is 1. The summed E-state index contributed by atoms with van der Waals surface area (Å²) in [6, 6.07) is 17.1. The van der Waals surface area contributed by atoms with Crippen molar-refractivity contribution in [3.05, 3.63) is 82.4 Å². The van der Waals surface area contributed by atoms with Crippen LogP contribution in [0.1, 0.15) is 28.4 Å². The molecule has 8 heteroatoms. The average molecular weight is 455 g/mol. The lowest BCUT2D eigenvalue weighted by atomic mass is 10.2. The largest absolute Gasteiger partial charge is 0.507 e. The maximum Gasteiger partial charge on any atom is 0.275 e. The second-order valence-electron chi connectivity index (χ2n) is 6.64. The molecule has 32 heavy (non-hydrogen) atoms. The Bertz CT molecular complexity index is 1100. The fourth-order valence-corrected chi connectivity index (χ4v) is 2.92. The summed E-state index contributed by atoms with van der Waals surface area (Å²) in [6.45, 7) is 2.71. The highest BCUT2D eigenvalue weighted by molar-refractivity contribution is 6.30. The van der Waals surface area contributed by atoms with Gasteiger partial charge in [0, 0.05) is 11.1 Å². The molecule has 1 amide bonds. The monoisotopic (exact) mass is 454 g/mol. The highest BCUT2D eigenvalue weighted by Crippen LogP contribution is 2.29. The molecule has 0 saturated heterocycles. The zero-order chi connectivity index (χ0) is 22.9. The second-order valence-corrected chi connectivity index (χ2v) is 7.07. The molecule has 3 aromatic rings. The van der Waals surface area contributed by atoms with Crippen molar-refractivity contribution in [2.75, 3.05) is 13.7 Å². The first-order valence-corrected chi connectivity index (χ1v) is 10.2. The number of aromatic hydroxyl groups is 1. The van der Waals surface area contributed by atoms with Crippen LogP contribution in [0.3, 0.4) is 0 Å². The van der Waals surface area contributed by atoms with Gasteiger partial charge < -0.3 is 19.3 Å². The van der Waals surface area contributed by atoms with Crippen LogP contribution in [0.25, 0.3) is 0 Å². The van der Waals surface area contributed by atoms with E-state index in [0.717, 1.165) is 5.56 Å². The summed E-state index contributed by atoms with van der Waals surface area (Å²) in [5.41, 5.74) is 4.16. The van der Waals surface area contributed by atoms with E-state index < -0.39 is 5.91 Å². The molecular formula is C24H23ClN2O5. The van der Waals surface area contributed by atoms with Gasteiger partial charge in [0.2, 0.25) is 0 Å². The van der Waals surface area contributed by atoms with Crippen molar-refractivity contribution in [3.63, 3.8) is 0 Å². The van der Waals surface area contributed by atoms with E-state index in [1.54, 1.807) is 24.3 Å². The number of carbonyl (C=O) groups is 1. The minimum absolute atomic E-state index is 0.0869. The summed E-state index contributed by atoms with van der Waals surface area (Å²) in [5, 5.41) is 14.6. The molecule has 3 rings (SSSR count). The molecule has 0 aromatic heterocycles. The molecule has 0 fully saturated rings. The Labute approximate surface area is 191 Å². The van der Waals surface area contributed by atoms with E-state index in [9.17, 15) is 9.90 Å². The Morgan fingerprint density at radius 1 is 1.06 bits per heavy atom. The van der Waals surface area contributed by atoms with Crippen molar-refractivity contribution in [2.45, 2.75) is 13.5 Å². The van der Waals surface area contributed by atoms with Crippen molar-refractivity contribution in [1.82, 2.24) is 5.43 Å². The Morgan fingerprint density at radius 2 is 1.84 bits per heavy atom. The van der Waals surface area contributed by atoms with Crippen LogP contribution in [-0.2, 0) is 6.61 Å². The summed E-state index contributed by atoms with van der Waals surface area (Å²) in [7, 11) is 1.48. The van der Waals surface area contributed by atoms with Crippen LogP contribution in [0.4, 0.5) is 0 Å². The maximum atomic E-state index is 12.2. The molecular weight excluding hydrogens is 432 g/mol. The van der Waals surface area contributed by atoms with Gasteiger partial charge in [0.25, 0.3) is 5.91 Å². The lowest BCUT2D eigenvalue weighted by Gasteiger charge is -2.12. The van der Waals surface area contributed by atoms with Gasteiger partial charge in [-0.1, -0.05) is 23.7 Å². The topological polar surface area (TPSA) is 89.4 Å². The molecule has 3 aromatic carbocycles. The predicted octanol–water partition coefficient (Wildman–Crippen LogP) is 4.80. The number of phenols is 1. The third kappa shape index (κ3) is 6.15. The fraction of sp³-hybridized carbons (Fsp3) is 0.167. The Hall–Kier alpha value is -3.71. The highest BCUT2D eigenvalue weighted by Gasteiger charge is 2.11. The summed E-state index contributed by atoms with van der Waals surface area (Å²) < 4.78 is 16.6. The molecule has 0 aliphatic heterocycles. The van der Waals surface area contributed by atoms with E-state index in [2.05, 4.69) is 10.5 Å². The number of hydrazone groups is 1. The van der Waals surface area contributed by atoms with E-state index in [4.69, 9.17) is 25.8 Å². The third-order valence-corrected chi connectivity index (χ3v) is 4.66.